The molecule has 0 spiro atoms. The number of aryl methyl sites for hydroxylation is 2. The van der Waals surface area contributed by atoms with E-state index in [0.717, 1.165) is 12.1 Å². The first-order valence-corrected chi connectivity index (χ1v) is 7.15. The molecule has 0 saturated carbocycles. The second kappa shape index (κ2) is 12.0. The van der Waals surface area contributed by atoms with E-state index in [1.54, 1.807) is 0 Å². The number of benzene rings is 2. The predicted molar refractivity (Wildman–Crippen MR) is 89.2 cm³/mol. The Bertz CT molecular complexity index is 477. The van der Waals surface area contributed by atoms with Crippen LogP contribution in [0.3, 0.4) is 0 Å². The van der Waals surface area contributed by atoms with E-state index >= 15 is 0 Å². The molecule has 0 saturated heterocycles. The van der Waals surface area contributed by atoms with E-state index in [1.807, 2.05) is 42.5 Å². The Morgan fingerprint density at radius 1 is 0.850 bits per heavy atom. The summed E-state index contributed by atoms with van der Waals surface area (Å²) in [6.45, 7) is 15.1. The highest BCUT2D eigenvalue weighted by molar-refractivity contribution is 5.45. The molecule has 20 heavy (non-hydrogen) atoms. The van der Waals surface area contributed by atoms with Gasteiger partial charge in [0.05, 0.1) is 6.57 Å². The largest absolute Gasteiger partial charge is 0.238 e. The van der Waals surface area contributed by atoms with Crippen molar-refractivity contribution in [2.75, 3.05) is 0 Å². The highest BCUT2D eigenvalue weighted by Crippen LogP contribution is 2.12. The molecule has 0 amide bonds. The number of rotatable bonds is 1. The lowest BCUT2D eigenvalue weighted by molar-refractivity contribution is 1.09. The Hall–Kier alpha value is -2.07. The summed E-state index contributed by atoms with van der Waals surface area (Å²) >= 11 is 0. The van der Waals surface area contributed by atoms with E-state index in [9.17, 15) is 0 Å². The van der Waals surface area contributed by atoms with Crippen molar-refractivity contribution in [3.8, 4) is 0 Å². The zero-order valence-corrected chi connectivity index (χ0v) is 13.1. The Balaban J connectivity index is 0.000000315. The lowest BCUT2D eigenvalue weighted by Gasteiger charge is -1.93. The van der Waals surface area contributed by atoms with Gasteiger partial charge in [0.1, 0.15) is 0 Å². The quantitative estimate of drug-likeness (QED) is 0.541. The van der Waals surface area contributed by atoms with Gasteiger partial charge in [0.15, 0.2) is 5.69 Å². The molecule has 0 N–H and O–H groups in total. The topological polar surface area (TPSA) is 4.36 Å². The second-order valence-electron chi connectivity index (χ2n) is 4.49. The first kappa shape index (κ1) is 17.9. The van der Waals surface area contributed by atoms with Crippen molar-refractivity contribution in [1.82, 2.24) is 0 Å². The van der Waals surface area contributed by atoms with Crippen LogP contribution in [0.25, 0.3) is 4.85 Å². The molecular weight excluding hydrogens is 242 g/mol. The van der Waals surface area contributed by atoms with E-state index in [2.05, 4.69) is 44.7 Å². The third-order valence-electron chi connectivity index (χ3n) is 2.41. The average molecular weight is 267 g/mol. The third-order valence-corrected chi connectivity index (χ3v) is 2.41. The van der Waals surface area contributed by atoms with Crippen molar-refractivity contribution in [1.29, 1.82) is 0 Å². The molecule has 0 fully saturated rings. The third kappa shape index (κ3) is 8.94. The zero-order chi connectivity index (χ0) is 15.2. The molecule has 2 rings (SSSR count). The molecule has 1 heteroatoms. The highest BCUT2D eigenvalue weighted by atomic mass is 14.6. The summed E-state index contributed by atoms with van der Waals surface area (Å²) in [7, 11) is 0. The fraction of sp³-hybridized carbons (Fsp3) is 0.316. The van der Waals surface area contributed by atoms with Crippen LogP contribution in [0.2, 0.25) is 0 Å². The maximum Gasteiger partial charge on any atom is 0.187 e. The summed E-state index contributed by atoms with van der Waals surface area (Å²) in [6, 6.07) is 18.0. The summed E-state index contributed by atoms with van der Waals surface area (Å²) in [5, 5.41) is 0. The standard InChI is InChI=1S/C9H9N.C7H8.C3H8/c1-3-8-4-6-9(10-2)7-5-8;1-7-5-3-2-4-6-7;1-3-2/h4-7H,3H2,1H3;2-6H,1H3;3H2,1-2H3. The molecule has 106 valence electrons. The van der Waals surface area contributed by atoms with Gasteiger partial charge in [-0.2, -0.15) is 0 Å². The molecule has 0 unspecified atom stereocenters. The molecule has 0 aromatic heterocycles. The van der Waals surface area contributed by atoms with Gasteiger partial charge in [-0.3, -0.25) is 0 Å². The van der Waals surface area contributed by atoms with Crippen LogP contribution in [-0.2, 0) is 6.42 Å². The maximum atomic E-state index is 6.70. The summed E-state index contributed by atoms with van der Waals surface area (Å²) in [4.78, 5) is 3.30. The van der Waals surface area contributed by atoms with Crippen LogP contribution in [0.1, 0.15) is 38.3 Å². The smallest absolute Gasteiger partial charge is 0.187 e. The monoisotopic (exact) mass is 267 g/mol. The van der Waals surface area contributed by atoms with Gasteiger partial charge in [0, 0.05) is 0 Å². The van der Waals surface area contributed by atoms with Crippen LogP contribution in [0, 0.1) is 13.5 Å². The summed E-state index contributed by atoms with van der Waals surface area (Å²) in [5.41, 5.74) is 3.33. The van der Waals surface area contributed by atoms with E-state index in [1.165, 1.54) is 17.5 Å². The van der Waals surface area contributed by atoms with Crippen LogP contribution in [0.15, 0.2) is 54.6 Å². The SMILES string of the molecule is CCC.Cc1ccccc1.[C-]#[N+]c1ccc(CC)cc1. The van der Waals surface area contributed by atoms with E-state index in [4.69, 9.17) is 6.57 Å². The van der Waals surface area contributed by atoms with E-state index in [-0.39, 0.29) is 0 Å². The van der Waals surface area contributed by atoms with Gasteiger partial charge in [0.2, 0.25) is 0 Å². The Labute approximate surface area is 124 Å². The maximum absolute atomic E-state index is 6.70. The van der Waals surface area contributed by atoms with Crippen molar-refractivity contribution < 1.29 is 0 Å². The van der Waals surface area contributed by atoms with Gasteiger partial charge in [-0.1, -0.05) is 92.9 Å². The van der Waals surface area contributed by atoms with E-state index in [0.29, 0.717) is 0 Å². The zero-order valence-electron chi connectivity index (χ0n) is 13.1. The average Bonchev–Trinajstić information content (AvgIpc) is 2.49. The number of hydrogen-bond acceptors (Lipinski definition) is 0. The van der Waals surface area contributed by atoms with Crippen LogP contribution in [0.4, 0.5) is 5.69 Å². The molecule has 0 heterocycles. The van der Waals surface area contributed by atoms with Gasteiger partial charge in [-0.05, 0) is 13.3 Å². The van der Waals surface area contributed by atoms with Crippen LogP contribution < -0.4 is 0 Å². The number of hydrogen-bond donors (Lipinski definition) is 0. The fourth-order valence-corrected chi connectivity index (χ4v) is 1.34. The molecule has 0 atom stereocenters. The molecule has 0 aliphatic heterocycles. The summed E-state index contributed by atoms with van der Waals surface area (Å²) < 4.78 is 0. The molecule has 2 aromatic carbocycles. The van der Waals surface area contributed by atoms with Crippen LogP contribution in [-0.4, -0.2) is 0 Å². The fourth-order valence-electron chi connectivity index (χ4n) is 1.34. The molecule has 1 nitrogen and oxygen atoms in total. The van der Waals surface area contributed by atoms with Crippen molar-refractivity contribution in [2.45, 2.75) is 40.5 Å². The van der Waals surface area contributed by atoms with Crippen molar-refractivity contribution in [3.63, 3.8) is 0 Å². The van der Waals surface area contributed by atoms with Gasteiger partial charge in [-0.25, -0.2) is 4.85 Å². The molecule has 0 aliphatic carbocycles. The lowest BCUT2D eigenvalue weighted by atomic mass is 10.2. The van der Waals surface area contributed by atoms with Gasteiger partial charge in [-0.15, -0.1) is 0 Å². The minimum absolute atomic E-state index is 0.720. The summed E-state index contributed by atoms with van der Waals surface area (Å²) in [6.07, 6.45) is 2.29. The first-order chi connectivity index (χ1) is 9.67. The minimum Gasteiger partial charge on any atom is -0.238 e. The van der Waals surface area contributed by atoms with Crippen molar-refractivity contribution in [3.05, 3.63) is 77.1 Å². The highest BCUT2D eigenvalue weighted by Gasteiger charge is 1.88. The van der Waals surface area contributed by atoms with Crippen LogP contribution >= 0.6 is 0 Å². The Morgan fingerprint density at radius 2 is 1.35 bits per heavy atom. The molecule has 0 bridgehead atoms. The molecule has 0 aliphatic rings. The summed E-state index contributed by atoms with van der Waals surface area (Å²) in [5.74, 6) is 0. The normalized spacial score (nSPS) is 8.35. The molecular formula is C19H25N. The molecule has 2 aromatic rings. The molecule has 0 radical (unpaired) electrons. The second-order valence-corrected chi connectivity index (χ2v) is 4.49. The van der Waals surface area contributed by atoms with E-state index < -0.39 is 0 Å². The minimum atomic E-state index is 0.720. The Morgan fingerprint density at radius 3 is 1.65 bits per heavy atom. The van der Waals surface area contributed by atoms with Crippen LogP contribution in [0.5, 0.6) is 0 Å². The van der Waals surface area contributed by atoms with Crippen molar-refractivity contribution >= 4 is 5.69 Å². The van der Waals surface area contributed by atoms with Gasteiger partial charge < -0.3 is 0 Å². The van der Waals surface area contributed by atoms with Gasteiger partial charge >= 0.3 is 0 Å². The van der Waals surface area contributed by atoms with Gasteiger partial charge in [0.25, 0.3) is 0 Å². The lowest BCUT2D eigenvalue weighted by Crippen LogP contribution is -1.75. The Kier molecular flexibility index (Phi) is 10.7. The predicted octanol–water partition coefficient (Wildman–Crippen LogP) is 6.21. The number of nitrogens with zero attached hydrogens (tertiary/aromatic N) is 1. The first-order valence-electron chi connectivity index (χ1n) is 7.15. The van der Waals surface area contributed by atoms with Crippen molar-refractivity contribution in [2.24, 2.45) is 0 Å².